The van der Waals surface area contributed by atoms with Gasteiger partial charge in [-0.1, -0.05) is 36.4 Å². The zero-order chi connectivity index (χ0) is 25.5. The second kappa shape index (κ2) is 12.1. The molecule has 4 aromatic rings. The topological polar surface area (TPSA) is 96.9 Å². The molecule has 1 atom stereocenters. The van der Waals surface area contributed by atoms with Crippen LogP contribution in [0.5, 0.6) is 11.5 Å². The van der Waals surface area contributed by atoms with Crippen LogP contribution in [0, 0.1) is 0 Å². The molecule has 2 N–H and O–H groups in total. The second-order valence-corrected chi connectivity index (χ2v) is 9.34. The monoisotopic (exact) mass is 509 g/mol. The maximum Gasteiger partial charge on any atom is 0.260 e. The van der Waals surface area contributed by atoms with Crippen molar-refractivity contribution < 1.29 is 19.3 Å². The molecule has 0 fully saturated rings. The average Bonchev–Trinajstić information content (AvgIpc) is 3.32. The van der Waals surface area contributed by atoms with Crippen LogP contribution < -0.4 is 15.0 Å². The van der Waals surface area contributed by atoms with Gasteiger partial charge in [-0.15, -0.1) is 11.3 Å². The van der Waals surface area contributed by atoms with Gasteiger partial charge in [0, 0.05) is 31.1 Å². The molecule has 2 aromatic heterocycles. The first kappa shape index (κ1) is 25.8. The number of methoxy groups -OCH3 is 3. The van der Waals surface area contributed by atoms with E-state index >= 15 is 0 Å². The van der Waals surface area contributed by atoms with Gasteiger partial charge in [0.25, 0.3) is 5.56 Å². The summed E-state index contributed by atoms with van der Waals surface area (Å²) in [4.78, 5) is 23.5. The molecular formula is C27H31N3O5S. The highest BCUT2D eigenvalue weighted by atomic mass is 32.1. The van der Waals surface area contributed by atoms with Crippen LogP contribution in [0.1, 0.15) is 11.4 Å². The van der Waals surface area contributed by atoms with Crippen LogP contribution in [-0.2, 0) is 17.7 Å². The van der Waals surface area contributed by atoms with E-state index in [1.54, 1.807) is 21.3 Å². The molecule has 36 heavy (non-hydrogen) atoms. The number of nitrogens with one attached hydrogen (secondary N) is 1. The van der Waals surface area contributed by atoms with E-state index in [0.717, 1.165) is 16.7 Å². The Morgan fingerprint density at radius 2 is 1.86 bits per heavy atom. The number of nitrogens with zero attached hydrogens (tertiary/aromatic N) is 2. The van der Waals surface area contributed by atoms with E-state index in [1.807, 2.05) is 58.8 Å². The normalized spacial score (nSPS) is 12.2. The summed E-state index contributed by atoms with van der Waals surface area (Å²) in [5.74, 6) is 1.77. The van der Waals surface area contributed by atoms with Gasteiger partial charge in [-0.3, -0.25) is 9.69 Å². The number of benzene rings is 2. The third-order valence-electron chi connectivity index (χ3n) is 5.96. The van der Waals surface area contributed by atoms with Crippen LogP contribution >= 0.6 is 11.3 Å². The Morgan fingerprint density at radius 3 is 2.58 bits per heavy atom. The van der Waals surface area contributed by atoms with E-state index in [1.165, 1.54) is 11.3 Å². The summed E-state index contributed by atoms with van der Waals surface area (Å²) in [6.07, 6.45) is -0.00879. The summed E-state index contributed by atoms with van der Waals surface area (Å²) in [5, 5.41) is 13.2. The van der Waals surface area contributed by atoms with Crippen molar-refractivity contribution in [1.29, 1.82) is 0 Å². The first-order valence-corrected chi connectivity index (χ1v) is 12.6. The fourth-order valence-electron chi connectivity index (χ4n) is 4.20. The predicted molar refractivity (Wildman–Crippen MR) is 142 cm³/mol. The molecule has 0 radical (unpaired) electrons. The van der Waals surface area contributed by atoms with Gasteiger partial charge in [-0.2, -0.15) is 0 Å². The van der Waals surface area contributed by atoms with Crippen LogP contribution in [0.25, 0.3) is 21.3 Å². The summed E-state index contributed by atoms with van der Waals surface area (Å²) in [5.41, 5.74) is 2.53. The minimum Gasteiger partial charge on any atom is -0.493 e. The van der Waals surface area contributed by atoms with E-state index in [4.69, 9.17) is 19.2 Å². The molecular weight excluding hydrogens is 478 g/mol. The number of aliphatic hydroxyl groups is 1. The number of H-pyrrole nitrogens is 1. The molecule has 0 aliphatic rings. The van der Waals surface area contributed by atoms with Crippen LogP contribution in [0.4, 0.5) is 0 Å². The fraction of sp³-hybridized carbons (Fsp3) is 0.333. The van der Waals surface area contributed by atoms with E-state index < -0.39 is 6.10 Å². The molecule has 2 heterocycles. The van der Waals surface area contributed by atoms with Crippen molar-refractivity contribution in [1.82, 2.24) is 14.9 Å². The Balaban J connectivity index is 1.56. The Bertz CT molecular complexity index is 1340. The second-order valence-electron chi connectivity index (χ2n) is 8.48. The number of rotatable bonds is 12. The largest absolute Gasteiger partial charge is 0.493 e. The van der Waals surface area contributed by atoms with E-state index in [9.17, 15) is 9.90 Å². The molecule has 4 rings (SSSR count). The van der Waals surface area contributed by atoms with Crippen LogP contribution in [-0.4, -0.2) is 67.1 Å². The van der Waals surface area contributed by atoms with Gasteiger partial charge in [0.15, 0.2) is 11.5 Å². The molecule has 0 spiro atoms. The Labute approximate surface area is 214 Å². The lowest BCUT2D eigenvalue weighted by Gasteiger charge is -2.24. The van der Waals surface area contributed by atoms with Gasteiger partial charge in [-0.05, 0) is 29.7 Å². The number of hydrogen-bond acceptors (Lipinski definition) is 8. The molecule has 0 bridgehead atoms. The summed E-state index contributed by atoms with van der Waals surface area (Å²) in [7, 11) is 4.82. The molecule has 2 aromatic carbocycles. The zero-order valence-electron chi connectivity index (χ0n) is 20.7. The molecule has 8 nitrogen and oxygen atoms in total. The number of aromatic nitrogens is 2. The first-order chi connectivity index (χ1) is 17.5. The van der Waals surface area contributed by atoms with Crippen molar-refractivity contribution >= 4 is 21.6 Å². The van der Waals surface area contributed by atoms with Crippen molar-refractivity contribution in [3.05, 3.63) is 75.7 Å². The minimum atomic E-state index is -0.557. The van der Waals surface area contributed by atoms with Crippen LogP contribution in [0.2, 0.25) is 0 Å². The van der Waals surface area contributed by atoms with Gasteiger partial charge in [0.05, 0.1) is 38.9 Å². The van der Waals surface area contributed by atoms with Crippen molar-refractivity contribution in [2.75, 3.05) is 41.0 Å². The van der Waals surface area contributed by atoms with Crippen molar-refractivity contribution in [3.63, 3.8) is 0 Å². The van der Waals surface area contributed by atoms with E-state index in [0.29, 0.717) is 60.2 Å². The zero-order valence-corrected chi connectivity index (χ0v) is 21.5. The lowest BCUT2D eigenvalue weighted by atomic mass is 10.1. The fourth-order valence-corrected chi connectivity index (χ4v) is 5.17. The number of aromatic amines is 1. The molecule has 0 saturated carbocycles. The highest BCUT2D eigenvalue weighted by molar-refractivity contribution is 7.17. The molecule has 0 unspecified atom stereocenters. The van der Waals surface area contributed by atoms with Gasteiger partial charge in [0.1, 0.15) is 10.7 Å². The lowest BCUT2D eigenvalue weighted by molar-refractivity contribution is 0.0837. The molecule has 0 aliphatic heterocycles. The number of hydrogen-bond donors (Lipinski definition) is 2. The Hall–Kier alpha value is -3.24. The maximum atomic E-state index is 13.2. The average molecular weight is 510 g/mol. The first-order valence-electron chi connectivity index (χ1n) is 11.7. The molecule has 0 saturated heterocycles. The SMILES string of the molecule is COCCN(Cc1nc2scc(-c3ccc(OC)c(OC)c3)c2c(=O)[nH]1)C[C@H](O)Cc1ccccc1. The smallest absolute Gasteiger partial charge is 0.260 e. The number of fused-ring (bicyclic) bond motifs is 1. The lowest BCUT2D eigenvalue weighted by Crippen LogP contribution is -2.36. The number of thiophene rings is 1. The van der Waals surface area contributed by atoms with Crippen LogP contribution in [0.3, 0.4) is 0 Å². The number of aliphatic hydroxyl groups excluding tert-OH is 1. The van der Waals surface area contributed by atoms with E-state index in [2.05, 4.69) is 4.98 Å². The highest BCUT2D eigenvalue weighted by Crippen LogP contribution is 2.36. The quantitative estimate of drug-likeness (QED) is 0.300. The summed E-state index contributed by atoms with van der Waals surface area (Å²) in [6.45, 7) is 1.93. The predicted octanol–water partition coefficient (Wildman–Crippen LogP) is 3.72. The van der Waals surface area contributed by atoms with Gasteiger partial charge in [-0.25, -0.2) is 4.98 Å². The highest BCUT2D eigenvalue weighted by Gasteiger charge is 2.18. The third kappa shape index (κ3) is 6.11. The van der Waals surface area contributed by atoms with Gasteiger partial charge in [0.2, 0.25) is 0 Å². The van der Waals surface area contributed by atoms with E-state index in [-0.39, 0.29) is 5.56 Å². The van der Waals surface area contributed by atoms with Crippen molar-refractivity contribution in [2.45, 2.75) is 19.1 Å². The summed E-state index contributed by atoms with van der Waals surface area (Å²) in [6, 6.07) is 15.5. The number of ether oxygens (including phenoxy) is 3. The third-order valence-corrected chi connectivity index (χ3v) is 6.83. The Morgan fingerprint density at radius 1 is 1.08 bits per heavy atom. The standard InChI is InChI=1S/C27H31N3O5S/c1-33-12-11-30(15-20(31)13-18-7-5-4-6-8-18)16-24-28-26(32)25-21(17-36-27(25)29-24)19-9-10-22(34-2)23(14-19)35-3/h4-10,14,17,20,31H,11-13,15-16H2,1-3H3,(H,28,29,32)/t20-/m1/s1. The summed E-state index contributed by atoms with van der Waals surface area (Å²) < 4.78 is 16.0. The van der Waals surface area contributed by atoms with Crippen LogP contribution in [0.15, 0.2) is 58.7 Å². The Kier molecular flexibility index (Phi) is 8.71. The van der Waals surface area contributed by atoms with Crippen molar-refractivity contribution in [2.24, 2.45) is 0 Å². The molecule has 9 heteroatoms. The van der Waals surface area contributed by atoms with Crippen molar-refractivity contribution in [3.8, 4) is 22.6 Å². The minimum absolute atomic E-state index is 0.197. The molecule has 190 valence electrons. The molecule has 0 aliphatic carbocycles. The molecule has 0 amide bonds. The maximum absolute atomic E-state index is 13.2. The summed E-state index contributed by atoms with van der Waals surface area (Å²) >= 11 is 1.43. The van der Waals surface area contributed by atoms with Gasteiger partial charge < -0.3 is 24.3 Å². The van der Waals surface area contributed by atoms with Gasteiger partial charge >= 0.3 is 0 Å².